The highest BCUT2D eigenvalue weighted by Gasteiger charge is 2.20. The fourth-order valence-electron chi connectivity index (χ4n) is 1.13. The Labute approximate surface area is 54.8 Å². The first kappa shape index (κ1) is 6.55. The number of nitrogens with one attached hydrogen (secondary N) is 2. The molecule has 0 aromatic heterocycles. The Morgan fingerprint density at radius 3 is 3.00 bits per heavy atom. The lowest BCUT2D eigenvalue weighted by Gasteiger charge is -2.12. The van der Waals surface area contributed by atoms with Crippen LogP contribution >= 0.6 is 0 Å². The van der Waals surface area contributed by atoms with Crippen molar-refractivity contribution in [2.75, 3.05) is 6.54 Å². The molecule has 0 aromatic carbocycles. The smallest absolute Gasteiger partial charge is 0.208 e. The molecule has 9 heavy (non-hydrogen) atoms. The van der Waals surface area contributed by atoms with Crippen LogP contribution in [0.5, 0.6) is 0 Å². The minimum Gasteiger partial charge on any atom is -0.343 e. The van der Waals surface area contributed by atoms with Gasteiger partial charge >= 0.3 is 0 Å². The van der Waals surface area contributed by atoms with E-state index in [-0.39, 0.29) is 6.17 Å². The van der Waals surface area contributed by atoms with Gasteiger partial charge in [0.15, 0.2) is 0 Å². The highest BCUT2D eigenvalue weighted by atomic mass is 16.1. The van der Waals surface area contributed by atoms with Gasteiger partial charge in [0.25, 0.3) is 0 Å². The van der Waals surface area contributed by atoms with Crippen molar-refractivity contribution in [1.29, 1.82) is 0 Å². The number of hydrogen-bond donors (Lipinski definition) is 2. The fraction of sp³-hybridized carbons (Fsp3) is 0.833. The van der Waals surface area contributed by atoms with Crippen LogP contribution in [-0.4, -0.2) is 19.1 Å². The van der Waals surface area contributed by atoms with Crippen molar-refractivity contribution in [2.45, 2.75) is 19.5 Å². The second-order valence-corrected chi connectivity index (χ2v) is 2.48. The zero-order valence-electron chi connectivity index (χ0n) is 5.55. The summed E-state index contributed by atoms with van der Waals surface area (Å²) in [6.07, 6.45) is 2.12. The van der Waals surface area contributed by atoms with Crippen LogP contribution in [-0.2, 0) is 4.79 Å². The zero-order chi connectivity index (χ0) is 6.69. The molecule has 2 atom stereocenters. The first-order chi connectivity index (χ1) is 4.34. The minimum atomic E-state index is 0.211. The second kappa shape index (κ2) is 2.82. The lowest BCUT2D eigenvalue weighted by atomic mass is 10.1. The summed E-state index contributed by atoms with van der Waals surface area (Å²) >= 11 is 0. The van der Waals surface area contributed by atoms with Crippen molar-refractivity contribution in [3.63, 3.8) is 0 Å². The number of carbonyl (C=O) groups is 1. The monoisotopic (exact) mass is 128 g/mol. The molecule has 0 spiro atoms. The van der Waals surface area contributed by atoms with Gasteiger partial charge in [-0.05, 0) is 18.9 Å². The van der Waals surface area contributed by atoms with E-state index in [2.05, 4.69) is 17.6 Å². The van der Waals surface area contributed by atoms with Crippen LogP contribution in [0.15, 0.2) is 0 Å². The lowest BCUT2D eigenvalue weighted by molar-refractivity contribution is -0.110. The van der Waals surface area contributed by atoms with Crippen molar-refractivity contribution in [3.8, 4) is 0 Å². The highest BCUT2D eigenvalue weighted by Crippen LogP contribution is 2.10. The molecule has 1 saturated heterocycles. The molecule has 0 aromatic rings. The largest absolute Gasteiger partial charge is 0.343 e. The molecular formula is C6H12N2O. The highest BCUT2D eigenvalue weighted by molar-refractivity contribution is 5.46. The summed E-state index contributed by atoms with van der Waals surface area (Å²) in [4.78, 5) is 9.96. The Kier molecular flexibility index (Phi) is 2.05. The Hall–Kier alpha value is -0.570. The van der Waals surface area contributed by atoms with Crippen LogP contribution in [0.25, 0.3) is 0 Å². The van der Waals surface area contributed by atoms with E-state index in [0.717, 1.165) is 19.4 Å². The molecule has 3 heteroatoms. The summed E-state index contributed by atoms with van der Waals surface area (Å²) in [5, 5.41) is 5.87. The van der Waals surface area contributed by atoms with Crippen molar-refractivity contribution >= 4 is 6.41 Å². The van der Waals surface area contributed by atoms with Crippen LogP contribution < -0.4 is 10.6 Å². The first-order valence-corrected chi connectivity index (χ1v) is 3.27. The predicted octanol–water partition coefficient (Wildman–Crippen LogP) is -0.312. The van der Waals surface area contributed by atoms with Gasteiger partial charge < -0.3 is 5.32 Å². The zero-order valence-corrected chi connectivity index (χ0v) is 5.55. The summed E-state index contributed by atoms with van der Waals surface area (Å²) in [6.45, 7) is 3.15. The Balaban J connectivity index is 2.30. The molecule has 1 heterocycles. The molecule has 3 nitrogen and oxygen atoms in total. The van der Waals surface area contributed by atoms with Gasteiger partial charge in [-0.3, -0.25) is 10.1 Å². The third-order valence-corrected chi connectivity index (χ3v) is 1.78. The molecule has 1 aliphatic rings. The summed E-state index contributed by atoms with van der Waals surface area (Å²) in [5.41, 5.74) is 0. The van der Waals surface area contributed by atoms with E-state index < -0.39 is 0 Å². The predicted molar refractivity (Wildman–Crippen MR) is 34.8 cm³/mol. The van der Waals surface area contributed by atoms with Gasteiger partial charge in [-0.25, -0.2) is 0 Å². The van der Waals surface area contributed by atoms with Gasteiger partial charge in [-0.2, -0.15) is 0 Å². The lowest BCUT2D eigenvalue weighted by Crippen LogP contribution is -2.39. The Morgan fingerprint density at radius 1 is 1.78 bits per heavy atom. The maximum Gasteiger partial charge on any atom is 0.208 e. The fourth-order valence-corrected chi connectivity index (χ4v) is 1.13. The molecule has 2 N–H and O–H groups in total. The van der Waals surface area contributed by atoms with Gasteiger partial charge in [0.2, 0.25) is 6.41 Å². The van der Waals surface area contributed by atoms with Crippen LogP contribution in [0, 0.1) is 5.92 Å². The first-order valence-electron chi connectivity index (χ1n) is 3.27. The van der Waals surface area contributed by atoms with E-state index in [1.807, 2.05) is 0 Å². The summed E-state index contributed by atoms with van der Waals surface area (Å²) < 4.78 is 0. The summed E-state index contributed by atoms with van der Waals surface area (Å²) in [6, 6.07) is 0. The van der Waals surface area contributed by atoms with E-state index in [4.69, 9.17) is 0 Å². The molecule has 0 radical (unpaired) electrons. The molecule has 52 valence electrons. The SMILES string of the molecule is CC1CCNC1NC=O. The third-order valence-electron chi connectivity index (χ3n) is 1.78. The molecule has 1 rings (SSSR count). The molecule has 2 unspecified atom stereocenters. The molecule has 1 amide bonds. The molecule has 0 saturated carbocycles. The molecular weight excluding hydrogens is 116 g/mol. The van der Waals surface area contributed by atoms with E-state index in [1.54, 1.807) is 0 Å². The minimum absolute atomic E-state index is 0.211. The summed E-state index contributed by atoms with van der Waals surface area (Å²) in [7, 11) is 0. The Bertz CT molecular complexity index is 105. The van der Waals surface area contributed by atoms with Gasteiger partial charge in [0, 0.05) is 0 Å². The second-order valence-electron chi connectivity index (χ2n) is 2.48. The molecule has 1 fully saturated rings. The average Bonchev–Trinajstić information content (AvgIpc) is 2.18. The maximum absolute atomic E-state index is 9.96. The van der Waals surface area contributed by atoms with Crippen molar-refractivity contribution < 1.29 is 4.79 Å². The van der Waals surface area contributed by atoms with Crippen LogP contribution in [0.3, 0.4) is 0 Å². The van der Waals surface area contributed by atoms with Gasteiger partial charge in [0.05, 0.1) is 6.17 Å². The van der Waals surface area contributed by atoms with E-state index in [1.165, 1.54) is 0 Å². The quantitative estimate of drug-likeness (QED) is 0.501. The summed E-state index contributed by atoms with van der Waals surface area (Å²) in [5.74, 6) is 0.579. The average molecular weight is 128 g/mol. The standard InChI is InChI=1S/C6H12N2O/c1-5-2-3-7-6(5)8-4-9/h4-7H,2-3H2,1H3,(H,8,9). The van der Waals surface area contributed by atoms with E-state index in [9.17, 15) is 4.79 Å². The Morgan fingerprint density at radius 2 is 2.56 bits per heavy atom. The maximum atomic E-state index is 9.96. The number of hydrogen-bond acceptors (Lipinski definition) is 2. The van der Waals surface area contributed by atoms with Gasteiger partial charge in [-0.1, -0.05) is 6.92 Å². The number of amides is 1. The van der Waals surface area contributed by atoms with Gasteiger partial charge in [-0.15, -0.1) is 0 Å². The van der Waals surface area contributed by atoms with Crippen LogP contribution in [0.1, 0.15) is 13.3 Å². The van der Waals surface area contributed by atoms with Crippen molar-refractivity contribution in [3.05, 3.63) is 0 Å². The molecule has 0 bridgehead atoms. The van der Waals surface area contributed by atoms with Gasteiger partial charge in [0.1, 0.15) is 0 Å². The van der Waals surface area contributed by atoms with E-state index in [0.29, 0.717) is 5.92 Å². The molecule has 1 aliphatic heterocycles. The topological polar surface area (TPSA) is 41.1 Å². The number of carbonyl (C=O) groups excluding carboxylic acids is 1. The van der Waals surface area contributed by atoms with Crippen LogP contribution in [0.4, 0.5) is 0 Å². The normalized spacial score (nSPS) is 34.3. The van der Waals surface area contributed by atoms with Crippen LogP contribution in [0.2, 0.25) is 0 Å². The van der Waals surface area contributed by atoms with Crippen molar-refractivity contribution in [1.82, 2.24) is 10.6 Å². The van der Waals surface area contributed by atoms with E-state index >= 15 is 0 Å². The number of rotatable bonds is 2. The molecule has 0 aliphatic carbocycles. The third kappa shape index (κ3) is 1.42. The van der Waals surface area contributed by atoms with Crippen molar-refractivity contribution in [2.24, 2.45) is 5.92 Å².